The molecule has 0 aliphatic heterocycles. The maximum atomic E-state index is 12.0. The third kappa shape index (κ3) is 4.63. The number of carbonyl (C=O) groups excluding carboxylic acids is 1. The zero-order valence-electron chi connectivity index (χ0n) is 12.6. The van der Waals surface area contributed by atoms with E-state index >= 15 is 0 Å². The zero-order chi connectivity index (χ0) is 16.7. The monoisotopic (exact) mass is 329 g/mol. The molecule has 0 bridgehead atoms. The van der Waals surface area contributed by atoms with Crippen LogP contribution in [-0.4, -0.2) is 19.6 Å². The number of hydrogen-bond acceptors (Lipinski definition) is 4. The number of rotatable bonds is 6. The van der Waals surface area contributed by atoms with Gasteiger partial charge in [0.1, 0.15) is 11.8 Å². The minimum atomic E-state index is -0.179. The molecular weight excluding hydrogens is 314 g/mol. The number of carbonyl (C=O) groups is 1. The predicted molar refractivity (Wildman–Crippen MR) is 90.9 cm³/mol. The molecule has 0 atom stereocenters. The number of para-hydroxylation sites is 1. The molecular formula is C17H16ClN3O2. The number of methoxy groups -OCH3 is 1. The first-order chi connectivity index (χ1) is 11.1. The first-order valence-electron chi connectivity index (χ1n) is 7.00. The molecule has 1 amide bonds. The lowest BCUT2D eigenvalue weighted by Gasteiger charge is -2.12. The Bertz CT molecular complexity index is 741. The molecule has 2 aromatic carbocycles. The molecule has 0 unspecified atom stereocenters. The normalized spacial score (nSPS) is 9.78. The van der Waals surface area contributed by atoms with E-state index in [0.29, 0.717) is 28.6 Å². The highest BCUT2D eigenvalue weighted by Crippen LogP contribution is 2.27. The number of ether oxygens (including phenoxy) is 1. The Morgan fingerprint density at radius 1 is 1.26 bits per heavy atom. The average Bonchev–Trinajstić information content (AvgIpc) is 2.55. The summed E-state index contributed by atoms with van der Waals surface area (Å²) in [5.41, 5.74) is 1.68. The third-order valence-electron chi connectivity index (χ3n) is 3.15. The Labute approximate surface area is 139 Å². The fraction of sp³-hybridized carbons (Fsp3) is 0.176. The van der Waals surface area contributed by atoms with Gasteiger partial charge in [-0.1, -0.05) is 23.7 Å². The van der Waals surface area contributed by atoms with Crippen LogP contribution in [0.4, 0.5) is 11.4 Å². The summed E-state index contributed by atoms with van der Waals surface area (Å²) in [6.07, 6.45) is 0.245. The number of amides is 1. The Hall–Kier alpha value is -2.71. The van der Waals surface area contributed by atoms with E-state index < -0.39 is 0 Å². The molecule has 0 radical (unpaired) electrons. The van der Waals surface area contributed by atoms with Crippen LogP contribution in [0.3, 0.4) is 0 Å². The van der Waals surface area contributed by atoms with Crippen molar-refractivity contribution in [1.29, 1.82) is 5.26 Å². The smallest absolute Gasteiger partial charge is 0.226 e. The first kappa shape index (κ1) is 16.7. The van der Waals surface area contributed by atoms with Crippen molar-refractivity contribution in [2.24, 2.45) is 0 Å². The van der Waals surface area contributed by atoms with Crippen molar-refractivity contribution >= 4 is 28.9 Å². The maximum Gasteiger partial charge on any atom is 0.226 e. The molecule has 5 nitrogen and oxygen atoms in total. The van der Waals surface area contributed by atoms with Gasteiger partial charge >= 0.3 is 0 Å². The van der Waals surface area contributed by atoms with Crippen LogP contribution in [0, 0.1) is 11.3 Å². The Morgan fingerprint density at radius 3 is 2.78 bits per heavy atom. The lowest BCUT2D eigenvalue weighted by atomic mass is 10.2. The van der Waals surface area contributed by atoms with E-state index in [4.69, 9.17) is 21.6 Å². The third-order valence-corrected chi connectivity index (χ3v) is 3.39. The Balaban J connectivity index is 1.91. The lowest BCUT2D eigenvalue weighted by Crippen LogP contribution is -2.17. The van der Waals surface area contributed by atoms with Crippen LogP contribution in [0.25, 0.3) is 0 Å². The van der Waals surface area contributed by atoms with Crippen LogP contribution >= 0.6 is 11.6 Å². The molecule has 2 rings (SSSR count). The van der Waals surface area contributed by atoms with Crippen molar-refractivity contribution in [3.8, 4) is 11.8 Å². The fourth-order valence-corrected chi connectivity index (χ4v) is 2.20. The molecule has 0 aliphatic rings. The van der Waals surface area contributed by atoms with E-state index in [2.05, 4.69) is 10.6 Å². The summed E-state index contributed by atoms with van der Waals surface area (Å²) < 4.78 is 5.23. The highest BCUT2D eigenvalue weighted by atomic mass is 35.5. The molecule has 118 valence electrons. The number of nitriles is 1. The predicted octanol–water partition coefficient (Wildman–Crippen LogP) is 3.66. The second kappa shape index (κ2) is 8.06. The molecule has 0 aromatic heterocycles. The van der Waals surface area contributed by atoms with Gasteiger partial charge in [-0.05, 0) is 30.3 Å². The summed E-state index contributed by atoms with van der Waals surface area (Å²) in [5, 5.41) is 15.4. The second-order valence-electron chi connectivity index (χ2n) is 4.73. The van der Waals surface area contributed by atoms with Gasteiger partial charge in [0.2, 0.25) is 5.91 Å². The molecule has 0 aliphatic carbocycles. The van der Waals surface area contributed by atoms with Crippen LogP contribution in [0.1, 0.15) is 12.0 Å². The van der Waals surface area contributed by atoms with Gasteiger partial charge in [0.15, 0.2) is 0 Å². The number of hydrogen-bond donors (Lipinski definition) is 2. The number of halogens is 1. The van der Waals surface area contributed by atoms with Gasteiger partial charge in [0.05, 0.1) is 24.0 Å². The van der Waals surface area contributed by atoms with Crippen LogP contribution in [0.5, 0.6) is 5.75 Å². The maximum absolute atomic E-state index is 12.0. The largest absolute Gasteiger partial charge is 0.495 e. The van der Waals surface area contributed by atoms with Crippen LogP contribution in [0.2, 0.25) is 5.02 Å². The molecule has 6 heteroatoms. The number of benzene rings is 2. The van der Waals surface area contributed by atoms with E-state index in [1.54, 1.807) is 49.6 Å². The number of nitrogens with zero attached hydrogens (tertiary/aromatic N) is 1. The molecule has 0 spiro atoms. The lowest BCUT2D eigenvalue weighted by molar-refractivity contribution is -0.115. The Kier molecular flexibility index (Phi) is 5.84. The van der Waals surface area contributed by atoms with E-state index in [1.807, 2.05) is 6.07 Å². The molecule has 0 heterocycles. The van der Waals surface area contributed by atoms with Crippen LogP contribution in [-0.2, 0) is 4.79 Å². The van der Waals surface area contributed by atoms with Crippen LogP contribution in [0.15, 0.2) is 42.5 Å². The summed E-state index contributed by atoms with van der Waals surface area (Å²) >= 11 is 5.95. The zero-order valence-corrected chi connectivity index (χ0v) is 13.4. The summed E-state index contributed by atoms with van der Waals surface area (Å²) in [5.74, 6) is 0.478. The summed E-state index contributed by atoms with van der Waals surface area (Å²) in [4.78, 5) is 12.0. The fourth-order valence-electron chi connectivity index (χ4n) is 2.03. The quantitative estimate of drug-likeness (QED) is 0.848. The van der Waals surface area contributed by atoms with Gasteiger partial charge in [0.25, 0.3) is 0 Å². The van der Waals surface area contributed by atoms with Crippen molar-refractivity contribution < 1.29 is 9.53 Å². The van der Waals surface area contributed by atoms with Crippen molar-refractivity contribution in [1.82, 2.24) is 0 Å². The highest BCUT2D eigenvalue weighted by Gasteiger charge is 2.07. The van der Waals surface area contributed by atoms with Gasteiger partial charge in [0, 0.05) is 18.0 Å². The van der Waals surface area contributed by atoms with Crippen molar-refractivity contribution in [3.05, 3.63) is 53.1 Å². The SMILES string of the molecule is COc1ccc(Cl)cc1NCCC(=O)Nc1ccccc1C#N. The van der Waals surface area contributed by atoms with Crippen molar-refractivity contribution in [3.63, 3.8) is 0 Å². The van der Waals surface area contributed by atoms with Gasteiger partial charge < -0.3 is 15.4 Å². The Morgan fingerprint density at radius 2 is 2.04 bits per heavy atom. The molecule has 0 saturated heterocycles. The van der Waals surface area contributed by atoms with E-state index in [9.17, 15) is 4.79 Å². The highest BCUT2D eigenvalue weighted by molar-refractivity contribution is 6.30. The van der Waals surface area contributed by atoms with Crippen molar-refractivity contribution in [2.45, 2.75) is 6.42 Å². The first-order valence-corrected chi connectivity index (χ1v) is 7.38. The molecule has 2 N–H and O–H groups in total. The van der Waals surface area contributed by atoms with Gasteiger partial charge in [-0.2, -0.15) is 5.26 Å². The minimum Gasteiger partial charge on any atom is -0.495 e. The van der Waals surface area contributed by atoms with Crippen LogP contribution < -0.4 is 15.4 Å². The topological polar surface area (TPSA) is 74.2 Å². The van der Waals surface area contributed by atoms with Gasteiger partial charge in [-0.3, -0.25) is 4.79 Å². The van der Waals surface area contributed by atoms with Gasteiger partial charge in [-0.15, -0.1) is 0 Å². The van der Waals surface area contributed by atoms with E-state index in [1.165, 1.54) is 0 Å². The van der Waals surface area contributed by atoms with E-state index in [-0.39, 0.29) is 12.3 Å². The molecule has 0 fully saturated rings. The standard InChI is InChI=1S/C17H16ClN3O2/c1-23-16-7-6-13(18)10-15(16)20-9-8-17(22)21-14-5-3-2-4-12(14)11-19/h2-7,10,20H,8-9H2,1H3,(H,21,22). The molecule has 0 saturated carbocycles. The summed E-state index contributed by atoms with van der Waals surface area (Å²) in [7, 11) is 1.57. The molecule has 2 aromatic rings. The number of nitrogens with one attached hydrogen (secondary N) is 2. The van der Waals surface area contributed by atoms with E-state index in [0.717, 1.165) is 5.69 Å². The van der Waals surface area contributed by atoms with Gasteiger partial charge in [-0.25, -0.2) is 0 Å². The summed E-state index contributed by atoms with van der Waals surface area (Å²) in [6.45, 7) is 0.414. The minimum absolute atomic E-state index is 0.179. The molecule has 23 heavy (non-hydrogen) atoms. The second-order valence-corrected chi connectivity index (χ2v) is 5.16. The summed E-state index contributed by atoms with van der Waals surface area (Å²) in [6, 6.07) is 14.1. The van der Waals surface area contributed by atoms with Crippen molar-refractivity contribution in [2.75, 3.05) is 24.3 Å². The average molecular weight is 330 g/mol. The number of anilines is 2.